The fraction of sp³-hybridized carbons (Fsp3) is 0.778. The average Bonchev–Trinajstić information content (AvgIpc) is 2.55. The average molecular weight is 152 g/mol. The summed E-state index contributed by atoms with van der Waals surface area (Å²) in [6.45, 7) is 2.25. The quantitative estimate of drug-likeness (QED) is 0.561. The SMILES string of the molecule is NC1CCCC1N1CC=CC1. The van der Waals surface area contributed by atoms with Crippen molar-refractivity contribution >= 4 is 0 Å². The van der Waals surface area contributed by atoms with Crippen molar-refractivity contribution in [2.24, 2.45) is 5.73 Å². The van der Waals surface area contributed by atoms with E-state index in [0.717, 1.165) is 13.1 Å². The van der Waals surface area contributed by atoms with Gasteiger partial charge < -0.3 is 5.73 Å². The van der Waals surface area contributed by atoms with Gasteiger partial charge in [-0.05, 0) is 12.8 Å². The number of hydrogen-bond acceptors (Lipinski definition) is 2. The van der Waals surface area contributed by atoms with Crippen molar-refractivity contribution in [3.05, 3.63) is 12.2 Å². The summed E-state index contributed by atoms with van der Waals surface area (Å²) in [5.74, 6) is 0. The minimum atomic E-state index is 0.440. The van der Waals surface area contributed by atoms with Crippen molar-refractivity contribution in [2.45, 2.75) is 31.3 Å². The molecule has 0 spiro atoms. The maximum absolute atomic E-state index is 5.99. The Morgan fingerprint density at radius 3 is 2.45 bits per heavy atom. The molecule has 1 fully saturated rings. The molecule has 1 saturated carbocycles. The molecule has 0 amide bonds. The van der Waals surface area contributed by atoms with E-state index in [2.05, 4.69) is 17.1 Å². The lowest BCUT2D eigenvalue weighted by Gasteiger charge is -2.26. The van der Waals surface area contributed by atoms with Crippen molar-refractivity contribution in [2.75, 3.05) is 13.1 Å². The van der Waals surface area contributed by atoms with E-state index in [4.69, 9.17) is 5.73 Å². The van der Waals surface area contributed by atoms with Crippen LogP contribution >= 0.6 is 0 Å². The highest BCUT2D eigenvalue weighted by Crippen LogP contribution is 2.23. The number of nitrogens with two attached hydrogens (primary N) is 1. The third-order valence-electron chi connectivity index (χ3n) is 2.85. The zero-order valence-electron chi connectivity index (χ0n) is 6.87. The molecule has 62 valence electrons. The second-order valence-electron chi connectivity index (χ2n) is 3.59. The highest BCUT2D eigenvalue weighted by molar-refractivity contribution is 5.01. The van der Waals surface area contributed by atoms with Gasteiger partial charge in [-0.3, -0.25) is 4.90 Å². The minimum absolute atomic E-state index is 0.440. The Kier molecular flexibility index (Phi) is 1.96. The highest BCUT2D eigenvalue weighted by atomic mass is 15.2. The molecule has 1 aliphatic heterocycles. The first-order valence-corrected chi connectivity index (χ1v) is 4.52. The van der Waals surface area contributed by atoms with Crippen molar-refractivity contribution in [1.82, 2.24) is 4.90 Å². The van der Waals surface area contributed by atoms with Crippen LogP contribution < -0.4 is 5.73 Å². The Balaban J connectivity index is 1.93. The smallest absolute Gasteiger partial charge is 0.0253 e. The first-order chi connectivity index (χ1) is 5.38. The molecule has 2 N–H and O–H groups in total. The van der Waals surface area contributed by atoms with E-state index >= 15 is 0 Å². The Bertz CT molecular complexity index is 157. The molecular formula is C9H16N2. The van der Waals surface area contributed by atoms with Gasteiger partial charge in [0.25, 0.3) is 0 Å². The first-order valence-electron chi connectivity index (χ1n) is 4.52. The van der Waals surface area contributed by atoms with E-state index < -0.39 is 0 Å². The van der Waals surface area contributed by atoms with E-state index in [1.165, 1.54) is 19.3 Å². The van der Waals surface area contributed by atoms with Gasteiger partial charge in [0.05, 0.1) is 0 Å². The van der Waals surface area contributed by atoms with Crippen LogP contribution in [0.3, 0.4) is 0 Å². The van der Waals surface area contributed by atoms with Crippen LogP contribution in [0.25, 0.3) is 0 Å². The predicted molar refractivity (Wildman–Crippen MR) is 46.3 cm³/mol. The summed E-state index contributed by atoms with van der Waals surface area (Å²) in [6.07, 6.45) is 8.34. The van der Waals surface area contributed by atoms with Crippen LogP contribution in [0.5, 0.6) is 0 Å². The summed E-state index contributed by atoms with van der Waals surface area (Å²) < 4.78 is 0. The van der Waals surface area contributed by atoms with E-state index in [9.17, 15) is 0 Å². The number of rotatable bonds is 1. The lowest BCUT2D eigenvalue weighted by atomic mass is 10.1. The third kappa shape index (κ3) is 1.33. The maximum Gasteiger partial charge on any atom is 0.0253 e. The fourth-order valence-electron chi connectivity index (χ4n) is 2.19. The van der Waals surface area contributed by atoms with Crippen LogP contribution in [0, 0.1) is 0 Å². The molecule has 2 aliphatic rings. The summed E-state index contributed by atoms with van der Waals surface area (Å²) in [7, 11) is 0. The minimum Gasteiger partial charge on any atom is -0.326 e. The van der Waals surface area contributed by atoms with Gasteiger partial charge in [-0.15, -0.1) is 0 Å². The summed E-state index contributed by atoms with van der Waals surface area (Å²) in [5.41, 5.74) is 5.99. The lowest BCUT2D eigenvalue weighted by molar-refractivity contribution is 0.238. The Morgan fingerprint density at radius 2 is 1.91 bits per heavy atom. The summed E-state index contributed by atoms with van der Waals surface area (Å²) >= 11 is 0. The van der Waals surface area contributed by atoms with Crippen molar-refractivity contribution < 1.29 is 0 Å². The molecule has 2 heteroatoms. The van der Waals surface area contributed by atoms with Crippen LogP contribution in [0.15, 0.2) is 12.2 Å². The maximum atomic E-state index is 5.99. The van der Waals surface area contributed by atoms with E-state index in [0.29, 0.717) is 12.1 Å². The largest absolute Gasteiger partial charge is 0.326 e. The molecule has 0 aromatic rings. The van der Waals surface area contributed by atoms with Crippen LogP contribution in [0.1, 0.15) is 19.3 Å². The zero-order valence-corrected chi connectivity index (χ0v) is 6.87. The molecule has 2 atom stereocenters. The molecule has 1 aliphatic carbocycles. The van der Waals surface area contributed by atoms with E-state index in [1.807, 2.05) is 0 Å². The van der Waals surface area contributed by atoms with Crippen molar-refractivity contribution in [3.8, 4) is 0 Å². The van der Waals surface area contributed by atoms with Gasteiger partial charge >= 0.3 is 0 Å². The Hall–Kier alpha value is -0.340. The van der Waals surface area contributed by atoms with E-state index in [1.54, 1.807) is 0 Å². The van der Waals surface area contributed by atoms with Gasteiger partial charge in [0.2, 0.25) is 0 Å². The highest BCUT2D eigenvalue weighted by Gasteiger charge is 2.29. The molecule has 11 heavy (non-hydrogen) atoms. The molecule has 0 aromatic heterocycles. The van der Waals surface area contributed by atoms with Gasteiger partial charge in [-0.2, -0.15) is 0 Å². The van der Waals surface area contributed by atoms with Crippen molar-refractivity contribution in [3.63, 3.8) is 0 Å². The van der Waals surface area contributed by atoms with Gasteiger partial charge in [0, 0.05) is 25.2 Å². The standard InChI is InChI=1S/C9H16N2/c10-8-4-3-5-9(8)11-6-1-2-7-11/h1-2,8-9H,3-7,10H2. The number of hydrogen-bond donors (Lipinski definition) is 1. The van der Waals surface area contributed by atoms with Crippen LogP contribution in [0.4, 0.5) is 0 Å². The molecule has 2 rings (SSSR count). The lowest BCUT2D eigenvalue weighted by Crippen LogP contribution is -2.42. The van der Waals surface area contributed by atoms with Gasteiger partial charge in [-0.25, -0.2) is 0 Å². The summed E-state index contributed by atoms with van der Waals surface area (Å²) in [5, 5.41) is 0. The zero-order chi connectivity index (χ0) is 7.68. The monoisotopic (exact) mass is 152 g/mol. The second kappa shape index (κ2) is 2.95. The first kappa shape index (κ1) is 7.32. The topological polar surface area (TPSA) is 29.3 Å². The summed E-state index contributed by atoms with van der Waals surface area (Å²) in [4.78, 5) is 2.48. The molecular weight excluding hydrogens is 136 g/mol. The fourth-order valence-corrected chi connectivity index (χ4v) is 2.19. The van der Waals surface area contributed by atoms with Crippen LogP contribution in [-0.2, 0) is 0 Å². The molecule has 2 nitrogen and oxygen atoms in total. The molecule has 2 unspecified atom stereocenters. The Labute approximate surface area is 68.1 Å². The molecule has 0 radical (unpaired) electrons. The predicted octanol–water partition coefficient (Wildman–Crippen LogP) is 0.738. The van der Waals surface area contributed by atoms with Gasteiger partial charge in [0.1, 0.15) is 0 Å². The van der Waals surface area contributed by atoms with Gasteiger partial charge in [0.15, 0.2) is 0 Å². The molecule has 0 saturated heterocycles. The number of nitrogens with zero attached hydrogens (tertiary/aromatic N) is 1. The van der Waals surface area contributed by atoms with Crippen LogP contribution in [-0.4, -0.2) is 30.1 Å². The van der Waals surface area contributed by atoms with Crippen LogP contribution in [0.2, 0.25) is 0 Å². The van der Waals surface area contributed by atoms with Crippen molar-refractivity contribution in [1.29, 1.82) is 0 Å². The molecule has 1 heterocycles. The normalized spacial score (nSPS) is 38.6. The van der Waals surface area contributed by atoms with Gasteiger partial charge in [-0.1, -0.05) is 18.6 Å². The molecule has 0 aromatic carbocycles. The Morgan fingerprint density at radius 1 is 1.18 bits per heavy atom. The third-order valence-corrected chi connectivity index (χ3v) is 2.85. The second-order valence-corrected chi connectivity index (χ2v) is 3.59. The molecule has 0 bridgehead atoms. The summed E-state index contributed by atoms with van der Waals surface area (Å²) in [6, 6.07) is 1.11. The van der Waals surface area contributed by atoms with E-state index in [-0.39, 0.29) is 0 Å².